The number of hydrogen-bond donors (Lipinski definition) is 1. The van der Waals surface area contributed by atoms with E-state index in [1.54, 1.807) is 17.7 Å². The average molecular weight is 263 g/mol. The molecule has 2 rings (SSSR count). The predicted molar refractivity (Wildman–Crippen MR) is 79.3 cm³/mol. The normalized spacial score (nSPS) is 10.9. The van der Waals surface area contributed by atoms with Gasteiger partial charge in [-0.25, -0.2) is 9.97 Å². The van der Waals surface area contributed by atoms with E-state index >= 15 is 0 Å². The Bertz CT molecular complexity index is 467. The van der Waals surface area contributed by atoms with Crippen molar-refractivity contribution in [3.63, 3.8) is 0 Å². The molecule has 0 aliphatic rings. The number of unbranched alkanes of at least 4 members (excludes halogenated alkanes) is 5. The molecule has 0 atom stereocenters. The molecule has 0 aliphatic heterocycles. The van der Waals surface area contributed by atoms with Gasteiger partial charge in [0.1, 0.15) is 17.0 Å². The molecule has 0 fully saturated rings. The van der Waals surface area contributed by atoms with Gasteiger partial charge < -0.3 is 5.32 Å². The fraction of sp³-hybridized carbons (Fsp3) is 0.571. The Labute approximate surface area is 113 Å². The summed E-state index contributed by atoms with van der Waals surface area (Å²) in [6, 6.07) is 2.09. The molecule has 0 saturated heterocycles. The molecule has 0 aromatic carbocycles. The summed E-state index contributed by atoms with van der Waals surface area (Å²) >= 11 is 1.66. The monoisotopic (exact) mass is 263 g/mol. The third-order valence-electron chi connectivity index (χ3n) is 3.08. The second-order valence-electron chi connectivity index (χ2n) is 4.56. The van der Waals surface area contributed by atoms with Gasteiger partial charge in [0.2, 0.25) is 0 Å². The van der Waals surface area contributed by atoms with Crippen LogP contribution in [0.25, 0.3) is 10.2 Å². The smallest absolute Gasteiger partial charge is 0.138 e. The van der Waals surface area contributed by atoms with E-state index in [1.165, 1.54) is 38.5 Å². The summed E-state index contributed by atoms with van der Waals surface area (Å²) in [6.45, 7) is 3.26. The number of nitrogens with one attached hydrogen (secondary N) is 1. The molecule has 2 aromatic heterocycles. The van der Waals surface area contributed by atoms with Crippen LogP contribution in [0.4, 0.5) is 5.82 Å². The minimum Gasteiger partial charge on any atom is -0.369 e. The van der Waals surface area contributed by atoms with Crippen molar-refractivity contribution in [2.45, 2.75) is 45.4 Å². The van der Waals surface area contributed by atoms with Gasteiger partial charge in [0.05, 0.1) is 5.39 Å². The number of fused-ring (bicyclic) bond motifs is 1. The van der Waals surface area contributed by atoms with Gasteiger partial charge in [-0.2, -0.15) is 0 Å². The number of nitrogens with zero attached hydrogens (tertiary/aromatic N) is 2. The van der Waals surface area contributed by atoms with Crippen molar-refractivity contribution in [3.8, 4) is 0 Å². The Kier molecular flexibility index (Phi) is 5.39. The van der Waals surface area contributed by atoms with E-state index in [4.69, 9.17) is 0 Å². The van der Waals surface area contributed by atoms with Gasteiger partial charge in [-0.3, -0.25) is 0 Å². The van der Waals surface area contributed by atoms with Crippen LogP contribution < -0.4 is 5.32 Å². The molecule has 0 aliphatic carbocycles. The van der Waals surface area contributed by atoms with Crippen LogP contribution in [0.3, 0.4) is 0 Å². The highest BCUT2D eigenvalue weighted by molar-refractivity contribution is 7.16. The summed E-state index contributed by atoms with van der Waals surface area (Å²) in [5, 5.41) is 6.63. The molecular weight excluding hydrogens is 242 g/mol. The zero-order valence-electron chi connectivity index (χ0n) is 11.0. The summed E-state index contributed by atoms with van der Waals surface area (Å²) in [5.41, 5.74) is 0. The Balaban J connectivity index is 1.72. The van der Waals surface area contributed by atoms with E-state index in [2.05, 4.69) is 33.7 Å². The third kappa shape index (κ3) is 3.67. The molecule has 2 heterocycles. The lowest BCUT2D eigenvalue weighted by Gasteiger charge is -2.06. The standard InChI is InChI=1S/C14H21N3S/c1-2-3-4-5-6-7-9-15-13-12-8-10-18-14(12)17-11-16-13/h8,10-11H,2-7,9H2,1H3,(H,15,16,17). The van der Waals surface area contributed by atoms with Gasteiger partial charge in [-0.1, -0.05) is 39.0 Å². The van der Waals surface area contributed by atoms with Crippen LogP contribution in [0.15, 0.2) is 17.8 Å². The Morgan fingerprint density at radius 2 is 1.94 bits per heavy atom. The summed E-state index contributed by atoms with van der Waals surface area (Å²) in [7, 11) is 0. The molecule has 0 spiro atoms. The first-order chi connectivity index (χ1) is 8.92. The first kappa shape index (κ1) is 13.3. The first-order valence-electron chi connectivity index (χ1n) is 6.84. The maximum Gasteiger partial charge on any atom is 0.138 e. The topological polar surface area (TPSA) is 37.8 Å². The van der Waals surface area contributed by atoms with Gasteiger partial charge in [0.25, 0.3) is 0 Å². The summed E-state index contributed by atoms with van der Waals surface area (Å²) in [5.74, 6) is 0.981. The van der Waals surface area contributed by atoms with Crippen molar-refractivity contribution in [1.29, 1.82) is 0 Å². The molecule has 0 radical (unpaired) electrons. The van der Waals surface area contributed by atoms with Crippen LogP contribution in [0.2, 0.25) is 0 Å². The van der Waals surface area contributed by atoms with E-state index in [9.17, 15) is 0 Å². The van der Waals surface area contributed by atoms with Crippen molar-refractivity contribution >= 4 is 27.4 Å². The summed E-state index contributed by atoms with van der Waals surface area (Å²) in [4.78, 5) is 9.62. The average Bonchev–Trinajstić information content (AvgIpc) is 2.86. The van der Waals surface area contributed by atoms with Crippen LogP contribution in [0.1, 0.15) is 45.4 Å². The maximum atomic E-state index is 4.31. The van der Waals surface area contributed by atoms with Crippen LogP contribution in [0, 0.1) is 0 Å². The molecule has 0 bridgehead atoms. The van der Waals surface area contributed by atoms with Crippen LogP contribution in [-0.4, -0.2) is 16.5 Å². The lowest BCUT2D eigenvalue weighted by atomic mass is 10.1. The van der Waals surface area contributed by atoms with Crippen molar-refractivity contribution in [2.75, 3.05) is 11.9 Å². The van der Waals surface area contributed by atoms with Gasteiger partial charge in [-0.15, -0.1) is 11.3 Å². The fourth-order valence-electron chi connectivity index (χ4n) is 2.04. The highest BCUT2D eigenvalue weighted by atomic mass is 32.1. The Hall–Kier alpha value is -1.16. The highest BCUT2D eigenvalue weighted by Crippen LogP contribution is 2.23. The molecule has 0 amide bonds. The molecular formula is C14H21N3S. The molecule has 3 nitrogen and oxygen atoms in total. The summed E-state index contributed by atoms with van der Waals surface area (Å²) < 4.78 is 0. The maximum absolute atomic E-state index is 4.31. The van der Waals surface area contributed by atoms with Crippen molar-refractivity contribution < 1.29 is 0 Å². The number of anilines is 1. The van der Waals surface area contributed by atoms with Crippen LogP contribution >= 0.6 is 11.3 Å². The zero-order chi connectivity index (χ0) is 12.6. The molecule has 98 valence electrons. The Morgan fingerprint density at radius 3 is 2.83 bits per heavy atom. The largest absolute Gasteiger partial charge is 0.369 e. The third-order valence-corrected chi connectivity index (χ3v) is 3.91. The highest BCUT2D eigenvalue weighted by Gasteiger charge is 2.03. The van der Waals surface area contributed by atoms with Gasteiger partial charge >= 0.3 is 0 Å². The van der Waals surface area contributed by atoms with Gasteiger partial charge in [-0.05, 0) is 17.9 Å². The number of hydrogen-bond acceptors (Lipinski definition) is 4. The zero-order valence-corrected chi connectivity index (χ0v) is 11.8. The van der Waals surface area contributed by atoms with E-state index < -0.39 is 0 Å². The number of thiophene rings is 1. The molecule has 2 aromatic rings. The lowest BCUT2D eigenvalue weighted by Crippen LogP contribution is -2.03. The molecule has 0 unspecified atom stereocenters. The van der Waals surface area contributed by atoms with Gasteiger partial charge in [0, 0.05) is 6.54 Å². The van der Waals surface area contributed by atoms with E-state index in [0.29, 0.717) is 0 Å². The minimum atomic E-state index is 0.981. The first-order valence-corrected chi connectivity index (χ1v) is 7.72. The number of rotatable bonds is 8. The van der Waals surface area contributed by atoms with Crippen molar-refractivity contribution in [3.05, 3.63) is 17.8 Å². The quantitative estimate of drug-likeness (QED) is 0.714. The fourth-order valence-corrected chi connectivity index (χ4v) is 2.78. The molecule has 1 N–H and O–H groups in total. The number of aromatic nitrogens is 2. The summed E-state index contributed by atoms with van der Waals surface area (Å²) in [6.07, 6.45) is 9.59. The van der Waals surface area contributed by atoms with E-state index in [1.807, 2.05) is 0 Å². The van der Waals surface area contributed by atoms with E-state index in [-0.39, 0.29) is 0 Å². The van der Waals surface area contributed by atoms with Gasteiger partial charge in [0.15, 0.2) is 0 Å². The van der Waals surface area contributed by atoms with Crippen LogP contribution in [-0.2, 0) is 0 Å². The van der Waals surface area contributed by atoms with Crippen LogP contribution in [0.5, 0.6) is 0 Å². The molecule has 4 heteroatoms. The SMILES string of the molecule is CCCCCCCCNc1ncnc2sccc12. The predicted octanol–water partition coefficient (Wildman–Crippen LogP) is 4.46. The second kappa shape index (κ2) is 7.31. The van der Waals surface area contributed by atoms with Crippen molar-refractivity contribution in [2.24, 2.45) is 0 Å². The minimum absolute atomic E-state index is 0.981. The molecule has 18 heavy (non-hydrogen) atoms. The van der Waals surface area contributed by atoms with E-state index in [0.717, 1.165) is 22.6 Å². The van der Waals surface area contributed by atoms with Crippen molar-refractivity contribution in [1.82, 2.24) is 9.97 Å². The lowest BCUT2D eigenvalue weighted by molar-refractivity contribution is 0.617. The second-order valence-corrected chi connectivity index (χ2v) is 5.45. The molecule has 0 saturated carbocycles. The Morgan fingerprint density at radius 1 is 1.11 bits per heavy atom.